The van der Waals surface area contributed by atoms with Crippen LogP contribution in [0.3, 0.4) is 0 Å². The van der Waals surface area contributed by atoms with Crippen molar-refractivity contribution >= 4 is 17.7 Å². The first-order valence-corrected chi connectivity index (χ1v) is 17.5. The average molecular weight is 708 g/mol. The summed E-state index contributed by atoms with van der Waals surface area (Å²) in [5, 5.41) is 50.7. The molecular weight excluding hydrogens is 661 g/mol. The maximum Gasteiger partial charge on any atom is 0.415 e. The second-order valence-electron chi connectivity index (χ2n) is 13.7. The molecular formula is C38H46FN3O9. The number of hydrogen-bond donors (Lipinski definition) is 6. The first-order chi connectivity index (χ1) is 24.5. The van der Waals surface area contributed by atoms with Crippen LogP contribution in [0, 0.1) is 5.82 Å². The van der Waals surface area contributed by atoms with Gasteiger partial charge in [0.2, 0.25) is 0 Å². The van der Waals surface area contributed by atoms with Gasteiger partial charge in [-0.3, -0.25) is 14.6 Å². The van der Waals surface area contributed by atoms with Gasteiger partial charge >= 0.3 is 6.09 Å². The van der Waals surface area contributed by atoms with Crippen molar-refractivity contribution in [1.29, 1.82) is 0 Å². The van der Waals surface area contributed by atoms with E-state index < -0.39 is 55.2 Å². The van der Waals surface area contributed by atoms with E-state index in [0.717, 1.165) is 48.4 Å². The topological polar surface area (TPSA) is 172 Å². The Morgan fingerprint density at radius 3 is 2.29 bits per heavy atom. The average Bonchev–Trinajstić information content (AvgIpc) is 3.94. The van der Waals surface area contributed by atoms with Crippen molar-refractivity contribution in [2.24, 2.45) is 0 Å². The Kier molecular flexibility index (Phi) is 11.2. The van der Waals surface area contributed by atoms with E-state index in [0.29, 0.717) is 44.1 Å². The highest BCUT2D eigenvalue weighted by molar-refractivity contribution is 5.96. The van der Waals surface area contributed by atoms with Gasteiger partial charge in [0.15, 0.2) is 0 Å². The van der Waals surface area contributed by atoms with E-state index in [9.17, 15) is 34.4 Å². The standard InChI is InChI=1S/C38H46FN3O9/c1-2-50-33-18-30(24-5-9-27(39)10-6-24)29(23-3-4-23)17-26(33)20-41-15-13-38(14-16-41)22-42(37(49)51-38)28-11-7-25(8-12-28)36(48)40-19-31(44)34(46)35(47)32(45)21-43/h5-12,17-18,23,31-32,34-35,43-47H,2-4,13-16,19-22H2,1H3,(H,40,48)/t31-,32+,34+,35+/m0/s1. The van der Waals surface area contributed by atoms with Crippen molar-refractivity contribution in [2.45, 2.75) is 75.1 Å². The van der Waals surface area contributed by atoms with Gasteiger partial charge in [0.1, 0.15) is 35.5 Å². The number of hydrogen-bond acceptors (Lipinski definition) is 10. The third kappa shape index (κ3) is 8.35. The highest BCUT2D eigenvalue weighted by atomic mass is 19.1. The summed E-state index contributed by atoms with van der Waals surface area (Å²) in [6.07, 6.45) is -3.70. The molecule has 3 aromatic carbocycles. The fraction of sp³-hybridized carbons (Fsp3) is 0.474. The molecule has 6 rings (SSSR count). The van der Waals surface area contributed by atoms with Crippen molar-refractivity contribution in [3.05, 3.63) is 83.2 Å². The lowest BCUT2D eigenvalue weighted by atomic mass is 9.90. The van der Waals surface area contributed by atoms with E-state index in [-0.39, 0.29) is 11.4 Å². The van der Waals surface area contributed by atoms with Crippen molar-refractivity contribution in [3.63, 3.8) is 0 Å². The normalized spacial score (nSPS) is 19.7. The quantitative estimate of drug-likeness (QED) is 0.146. The van der Waals surface area contributed by atoms with Crippen LogP contribution in [0.25, 0.3) is 11.1 Å². The lowest BCUT2D eigenvalue weighted by Crippen LogP contribution is -2.49. The Hall–Kier alpha value is -4.11. The Morgan fingerprint density at radius 1 is 1.00 bits per heavy atom. The van der Waals surface area contributed by atoms with Gasteiger partial charge in [-0.05, 0) is 90.9 Å². The lowest BCUT2D eigenvalue weighted by Gasteiger charge is -2.37. The summed E-state index contributed by atoms with van der Waals surface area (Å²) in [6.45, 7) is 3.78. The Bertz CT molecular complexity index is 1680. The zero-order valence-corrected chi connectivity index (χ0v) is 28.6. The van der Waals surface area contributed by atoms with Crippen molar-refractivity contribution < 1.29 is 49.0 Å². The molecule has 6 N–H and O–H groups in total. The highest BCUT2D eigenvalue weighted by Crippen LogP contribution is 2.47. The van der Waals surface area contributed by atoms with Crippen molar-refractivity contribution in [3.8, 4) is 16.9 Å². The first kappa shape index (κ1) is 36.7. The van der Waals surface area contributed by atoms with Crippen LogP contribution < -0.4 is 15.0 Å². The van der Waals surface area contributed by atoms with Gasteiger partial charge in [-0.1, -0.05) is 12.1 Å². The molecule has 2 aliphatic heterocycles. The molecule has 3 aliphatic rings. The predicted octanol–water partition coefficient (Wildman–Crippen LogP) is 2.93. The summed E-state index contributed by atoms with van der Waals surface area (Å²) in [6, 6.07) is 17.3. The van der Waals surface area contributed by atoms with Crippen LogP contribution in [0.15, 0.2) is 60.7 Å². The molecule has 3 aromatic rings. The number of likely N-dealkylation sites (tertiary alicyclic amines) is 1. The molecule has 0 unspecified atom stereocenters. The van der Waals surface area contributed by atoms with Crippen molar-refractivity contribution in [1.82, 2.24) is 10.2 Å². The minimum Gasteiger partial charge on any atom is -0.494 e. The highest BCUT2D eigenvalue weighted by Gasteiger charge is 2.47. The molecule has 2 amide bonds. The van der Waals surface area contributed by atoms with E-state index in [4.69, 9.17) is 14.6 Å². The lowest BCUT2D eigenvalue weighted by molar-refractivity contribution is -0.113. The monoisotopic (exact) mass is 707 g/mol. The number of halogens is 1. The van der Waals surface area contributed by atoms with E-state index >= 15 is 0 Å². The fourth-order valence-corrected chi connectivity index (χ4v) is 6.89. The smallest absolute Gasteiger partial charge is 0.415 e. The number of anilines is 1. The molecule has 1 aliphatic carbocycles. The summed E-state index contributed by atoms with van der Waals surface area (Å²) in [5.41, 5.74) is 4.61. The number of aliphatic hydroxyl groups is 5. The third-order valence-electron chi connectivity index (χ3n) is 10.1. The number of amides is 2. The summed E-state index contributed by atoms with van der Waals surface area (Å²) >= 11 is 0. The Morgan fingerprint density at radius 2 is 1.67 bits per heavy atom. The number of benzene rings is 3. The van der Waals surface area contributed by atoms with E-state index in [1.807, 2.05) is 19.1 Å². The van der Waals surface area contributed by atoms with Crippen LogP contribution in [-0.4, -0.2) is 112 Å². The van der Waals surface area contributed by atoms with Gasteiger partial charge in [0.25, 0.3) is 5.91 Å². The molecule has 3 fully saturated rings. The second kappa shape index (κ2) is 15.6. The van der Waals surface area contributed by atoms with Crippen LogP contribution in [0.1, 0.15) is 60.0 Å². The van der Waals surface area contributed by atoms with Crippen LogP contribution in [0.2, 0.25) is 0 Å². The van der Waals surface area contributed by atoms with Gasteiger partial charge < -0.3 is 40.3 Å². The summed E-state index contributed by atoms with van der Waals surface area (Å²) in [7, 11) is 0. The molecule has 274 valence electrons. The van der Waals surface area contributed by atoms with Gasteiger partial charge in [-0.15, -0.1) is 0 Å². The van der Waals surface area contributed by atoms with Crippen LogP contribution in [0.5, 0.6) is 5.75 Å². The molecule has 2 saturated heterocycles. The van der Waals surface area contributed by atoms with Gasteiger partial charge in [0, 0.05) is 55.8 Å². The first-order valence-electron chi connectivity index (χ1n) is 17.5. The molecule has 0 radical (unpaired) electrons. The number of nitrogens with one attached hydrogen (secondary N) is 1. The SMILES string of the molecule is CCOc1cc(-c2ccc(F)cc2)c(C2CC2)cc1CN1CCC2(CC1)CN(c1ccc(C(=O)NC[C@H](O)[C@@H](O)[C@H](O)[C@H](O)CO)cc1)C(=O)O2. The van der Waals surface area contributed by atoms with Gasteiger partial charge in [-0.25, -0.2) is 9.18 Å². The third-order valence-corrected chi connectivity index (χ3v) is 10.1. The van der Waals surface area contributed by atoms with E-state index in [1.54, 1.807) is 17.0 Å². The predicted molar refractivity (Wildman–Crippen MR) is 186 cm³/mol. The van der Waals surface area contributed by atoms with E-state index in [1.165, 1.54) is 29.8 Å². The number of ether oxygens (including phenoxy) is 2. The fourth-order valence-electron chi connectivity index (χ4n) is 6.89. The van der Waals surface area contributed by atoms with Gasteiger partial charge in [0.05, 0.1) is 25.9 Å². The maximum absolute atomic E-state index is 13.7. The number of carbonyl (C=O) groups is 2. The summed E-state index contributed by atoms with van der Waals surface area (Å²) in [5.74, 6) is 0.485. The summed E-state index contributed by atoms with van der Waals surface area (Å²) < 4.78 is 25.8. The minimum absolute atomic E-state index is 0.244. The second-order valence-corrected chi connectivity index (χ2v) is 13.7. The number of nitrogens with zero attached hydrogens (tertiary/aromatic N) is 2. The summed E-state index contributed by atoms with van der Waals surface area (Å²) in [4.78, 5) is 29.6. The molecule has 0 aromatic heterocycles. The number of carbonyl (C=O) groups excluding carboxylic acids is 2. The maximum atomic E-state index is 13.7. The Balaban J connectivity index is 1.05. The largest absolute Gasteiger partial charge is 0.494 e. The van der Waals surface area contributed by atoms with Crippen LogP contribution in [0.4, 0.5) is 14.9 Å². The van der Waals surface area contributed by atoms with Gasteiger partial charge in [-0.2, -0.15) is 0 Å². The molecule has 4 atom stereocenters. The molecule has 2 heterocycles. The zero-order valence-electron chi connectivity index (χ0n) is 28.6. The molecule has 12 nitrogen and oxygen atoms in total. The molecule has 1 spiro atoms. The Labute approximate surface area is 296 Å². The number of aliphatic hydroxyl groups excluding tert-OH is 5. The minimum atomic E-state index is -1.79. The zero-order chi connectivity index (χ0) is 36.3. The molecule has 51 heavy (non-hydrogen) atoms. The van der Waals surface area contributed by atoms with Crippen LogP contribution in [-0.2, 0) is 11.3 Å². The van der Waals surface area contributed by atoms with Crippen LogP contribution >= 0.6 is 0 Å². The van der Waals surface area contributed by atoms with Crippen molar-refractivity contribution in [2.75, 3.05) is 44.3 Å². The molecule has 1 saturated carbocycles. The van der Waals surface area contributed by atoms with E-state index in [2.05, 4.69) is 22.3 Å². The number of piperidine rings is 1. The number of rotatable bonds is 14. The molecule has 0 bridgehead atoms. The molecule has 13 heteroatoms.